The first kappa shape index (κ1) is 14.0. The zero-order chi connectivity index (χ0) is 12.7. The van der Waals surface area contributed by atoms with Crippen molar-refractivity contribution in [1.29, 1.82) is 0 Å². The Balaban J connectivity index is 2.22. The number of benzene rings is 1. The normalized spacial score (nSPS) is 12.5. The standard InChI is InChI=1S/C14H23NO2/c1-11-7-12(2)9-14(8-11)17-6-4-5-16-13(3)10-15/h7-9,13H,4-6,10,15H2,1-3H3. The highest BCUT2D eigenvalue weighted by atomic mass is 16.5. The van der Waals surface area contributed by atoms with Crippen LogP contribution in [-0.4, -0.2) is 25.9 Å². The second-order valence-electron chi connectivity index (χ2n) is 4.44. The first-order chi connectivity index (χ1) is 8.11. The fraction of sp³-hybridized carbons (Fsp3) is 0.571. The van der Waals surface area contributed by atoms with Crippen LogP contribution in [0.3, 0.4) is 0 Å². The summed E-state index contributed by atoms with van der Waals surface area (Å²) in [5, 5.41) is 0. The molecule has 0 radical (unpaired) electrons. The van der Waals surface area contributed by atoms with Crippen LogP contribution >= 0.6 is 0 Å². The maximum absolute atomic E-state index is 5.67. The van der Waals surface area contributed by atoms with Crippen LogP contribution in [0.5, 0.6) is 5.75 Å². The molecule has 3 heteroatoms. The number of aryl methyl sites for hydroxylation is 2. The van der Waals surface area contributed by atoms with Crippen molar-refractivity contribution in [3.8, 4) is 5.75 Å². The minimum Gasteiger partial charge on any atom is -0.493 e. The van der Waals surface area contributed by atoms with Gasteiger partial charge in [0, 0.05) is 13.0 Å². The molecule has 0 saturated carbocycles. The molecule has 0 aliphatic carbocycles. The summed E-state index contributed by atoms with van der Waals surface area (Å²) >= 11 is 0. The Hall–Kier alpha value is -1.06. The number of hydrogen-bond donors (Lipinski definition) is 1. The summed E-state index contributed by atoms with van der Waals surface area (Å²) in [5.41, 5.74) is 7.91. The van der Waals surface area contributed by atoms with Gasteiger partial charge in [0.05, 0.1) is 19.3 Å². The molecule has 0 spiro atoms. The largest absolute Gasteiger partial charge is 0.493 e. The third-order valence-corrected chi connectivity index (χ3v) is 2.49. The van der Waals surface area contributed by atoms with Crippen LogP contribution in [0.1, 0.15) is 24.5 Å². The monoisotopic (exact) mass is 237 g/mol. The van der Waals surface area contributed by atoms with E-state index < -0.39 is 0 Å². The Labute approximate surface area is 104 Å². The molecule has 3 nitrogen and oxygen atoms in total. The molecule has 0 aliphatic heterocycles. The topological polar surface area (TPSA) is 44.5 Å². The van der Waals surface area contributed by atoms with Crippen LogP contribution in [0.2, 0.25) is 0 Å². The summed E-state index contributed by atoms with van der Waals surface area (Å²) in [6.45, 7) is 8.07. The summed E-state index contributed by atoms with van der Waals surface area (Å²) in [7, 11) is 0. The average Bonchev–Trinajstić information content (AvgIpc) is 2.27. The Kier molecular flexibility index (Phi) is 6.01. The molecule has 2 N–H and O–H groups in total. The predicted octanol–water partition coefficient (Wildman–Crippen LogP) is 2.44. The molecule has 0 heterocycles. The highest BCUT2D eigenvalue weighted by molar-refractivity contribution is 5.32. The van der Waals surface area contributed by atoms with Gasteiger partial charge >= 0.3 is 0 Å². The van der Waals surface area contributed by atoms with Gasteiger partial charge in [-0.15, -0.1) is 0 Å². The van der Waals surface area contributed by atoms with Crippen LogP contribution in [-0.2, 0) is 4.74 Å². The molecule has 1 aromatic carbocycles. The lowest BCUT2D eigenvalue weighted by molar-refractivity contribution is 0.0631. The zero-order valence-electron chi connectivity index (χ0n) is 11.0. The van der Waals surface area contributed by atoms with E-state index in [1.807, 2.05) is 6.92 Å². The summed E-state index contributed by atoms with van der Waals surface area (Å²) in [6.07, 6.45) is 1.02. The molecule has 1 unspecified atom stereocenters. The molecule has 0 aromatic heterocycles. The summed E-state index contributed by atoms with van der Waals surface area (Å²) in [4.78, 5) is 0. The Morgan fingerprint density at radius 2 is 1.76 bits per heavy atom. The van der Waals surface area contributed by atoms with Crippen molar-refractivity contribution >= 4 is 0 Å². The van der Waals surface area contributed by atoms with Crippen LogP contribution < -0.4 is 10.5 Å². The summed E-state index contributed by atoms with van der Waals surface area (Å²) in [5.74, 6) is 0.939. The smallest absolute Gasteiger partial charge is 0.119 e. The zero-order valence-corrected chi connectivity index (χ0v) is 11.0. The van der Waals surface area contributed by atoms with Crippen molar-refractivity contribution in [3.63, 3.8) is 0 Å². The van der Waals surface area contributed by atoms with E-state index in [1.54, 1.807) is 0 Å². The Bertz CT molecular complexity index is 319. The fourth-order valence-electron chi connectivity index (χ4n) is 1.62. The van der Waals surface area contributed by atoms with Crippen molar-refractivity contribution in [2.75, 3.05) is 19.8 Å². The number of nitrogens with two attached hydrogens (primary N) is 1. The molecular formula is C14H23NO2. The Morgan fingerprint density at radius 3 is 2.35 bits per heavy atom. The van der Waals surface area contributed by atoms with Crippen molar-refractivity contribution in [2.45, 2.75) is 33.3 Å². The summed E-state index contributed by atoms with van der Waals surface area (Å²) in [6, 6.07) is 6.24. The molecule has 0 aliphatic rings. The van der Waals surface area contributed by atoms with E-state index in [-0.39, 0.29) is 6.10 Å². The molecule has 0 fully saturated rings. The van der Waals surface area contributed by atoms with Gasteiger partial charge in [0.2, 0.25) is 0 Å². The minimum absolute atomic E-state index is 0.135. The highest BCUT2D eigenvalue weighted by Gasteiger charge is 1.99. The Morgan fingerprint density at radius 1 is 1.12 bits per heavy atom. The van der Waals surface area contributed by atoms with Crippen LogP contribution in [0.15, 0.2) is 18.2 Å². The maximum atomic E-state index is 5.67. The van der Waals surface area contributed by atoms with Gasteiger partial charge in [-0.05, 0) is 44.0 Å². The molecule has 0 bridgehead atoms. The van der Waals surface area contributed by atoms with Gasteiger partial charge in [-0.25, -0.2) is 0 Å². The third kappa shape index (κ3) is 5.71. The van der Waals surface area contributed by atoms with Crippen molar-refractivity contribution < 1.29 is 9.47 Å². The number of hydrogen-bond acceptors (Lipinski definition) is 3. The van der Waals surface area contributed by atoms with Gasteiger partial charge in [-0.3, -0.25) is 0 Å². The van der Waals surface area contributed by atoms with Gasteiger partial charge in [0.15, 0.2) is 0 Å². The third-order valence-electron chi connectivity index (χ3n) is 2.49. The van der Waals surface area contributed by atoms with E-state index in [0.717, 1.165) is 12.2 Å². The quantitative estimate of drug-likeness (QED) is 0.741. The van der Waals surface area contributed by atoms with Crippen molar-refractivity contribution in [3.05, 3.63) is 29.3 Å². The average molecular weight is 237 g/mol. The summed E-state index contributed by atoms with van der Waals surface area (Å²) < 4.78 is 11.1. The lowest BCUT2D eigenvalue weighted by atomic mass is 10.1. The SMILES string of the molecule is Cc1cc(C)cc(OCCCOC(C)CN)c1. The van der Waals surface area contributed by atoms with Crippen LogP contribution in [0, 0.1) is 13.8 Å². The number of ether oxygens (including phenoxy) is 2. The van der Waals surface area contributed by atoms with Gasteiger partial charge in [-0.2, -0.15) is 0 Å². The van der Waals surface area contributed by atoms with E-state index in [0.29, 0.717) is 19.8 Å². The predicted molar refractivity (Wildman–Crippen MR) is 70.5 cm³/mol. The molecule has 17 heavy (non-hydrogen) atoms. The fourth-order valence-corrected chi connectivity index (χ4v) is 1.62. The molecule has 1 rings (SSSR count). The lowest BCUT2D eigenvalue weighted by Gasteiger charge is -2.11. The van der Waals surface area contributed by atoms with E-state index in [9.17, 15) is 0 Å². The van der Waals surface area contributed by atoms with Crippen molar-refractivity contribution in [2.24, 2.45) is 5.73 Å². The molecule has 0 saturated heterocycles. The number of rotatable bonds is 7. The van der Waals surface area contributed by atoms with Crippen LogP contribution in [0.25, 0.3) is 0 Å². The van der Waals surface area contributed by atoms with Crippen LogP contribution in [0.4, 0.5) is 0 Å². The molecule has 1 atom stereocenters. The van der Waals surface area contributed by atoms with Crippen molar-refractivity contribution in [1.82, 2.24) is 0 Å². The first-order valence-electron chi connectivity index (χ1n) is 6.14. The first-order valence-corrected chi connectivity index (χ1v) is 6.14. The van der Waals surface area contributed by atoms with Gasteiger partial charge in [0.25, 0.3) is 0 Å². The minimum atomic E-state index is 0.135. The van der Waals surface area contributed by atoms with Gasteiger partial charge in [0.1, 0.15) is 5.75 Å². The van der Waals surface area contributed by atoms with E-state index in [4.69, 9.17) is 15.2 Å². The molecule has 0 amide bonds. The van der Waals surface area contributed by atoms with Gasteiger partial charge < -0.3 is 15.2 Å². The van der Waals surface area contributed by atoms with E-state index in [2.05, 4.69) is 32.0 Å². The van der Waals surface area contributed by atoms with E-state index >= 15 is 0 Å². The lowest BCUT2D eigenvalue weighted by Crippen LogP contribution is -2.21. The molecule has 96 valence electrons. The van der Waals surface area contributed by atoms with E-state index in [1.165, 1.54) is 11.1 Å². The maximum Gasteiger partial charge on any atom is 0.119 e. The molecular weight excluding hydrogens is 214 g/mol. The van der Waals surface area contributed by atoms with Gasteiger partial charge in [-0.1, -0.05) is 6.07 Å². The second-order valence-corrected chi connectivity index (χ2v) is 4.44. The second kappa shape index (κ2) is 7.30. The highest BCUT2D eigenvalue weighted by Crippen LogP contribution is 2.16. The molecule has 1 aromatic rings.